The number of hydrogen-bond acceptors (Lipinski definition) is 2. The van der Waals surface area contributed by atoms with Crippen molar-refractivity contribution in [2.75, 3.05) is 6.54 Å². The van der Waals surface area contributed by atoms with Crippen LogP contribution in [0.25, 0.3) is 0 Å². The zero-order valence-electron chi connectivity index (χ0n) is 8.89. The first-order valence-electron chi connectivity index (χ1n) is 4.99. The van der Waals surface area contributed by atoms with Crippen molar-refractivity contribution in [2.24, 2.45) is 5.73 Å². The molecule has 0 aromatic carbocycles. The second-order valence-corrected chi connectivity index (χ2v) is 3.56. The smallest absolute Gasteiger partial charge is 0.0777 e. The van der Waals surface area contributed by atoms with Gasteiger partial charge in [0.05, 0.1) is 11.7 Å². The Morgan fingerprint density at radius 3 is 2.00 bits per heavy atom. The molecule has 2 N–H and O–H groups in total. The third-order valence-corrected chi connectivity index (χ3v) is 2.54. The molecule has 0 aliphatic carbocycles. The Morgan fingerprint density at radius 2 is 1.75 bits per heavy atom. The van der Waals surface area contributed by atoms with Crippen molar-refractivity contribution < 1.29 is 4.74 Å². The van der Waals surface area contributed by atoms with Gasteiger partial charge in [0, 0.05) is 6.54 Å². The van der Waals surface area contributed by atoms with Gasteiger partial charge in [-0.15, -0.1) is 0 Å². The number of nitrogens with two attached hydrogens (primary N) is 1. The van der Waals surface area contributed by atoms with Gasteiger partial charge in [0.25, 0.3) is 0 Å². The predicted molar refractivity (Wildman–Crippen MR) is 53.2 cm³/mol. The van der Waals surface area contributed by atoms with E-state index >= 15 is 0 Å². The summed E-state index contributed by atoms with van der Waals surface area (Å²) in [4.78, 5) is 0. The highest BCUT2D eigenvalue weighted by Crippen LogP contribution is 2.18. The summed E-state index contributed by atoms with van der Waals surface area (Å²) in [6.45, 7) is 9.13. The van der Waals surface area contributed by atoms with E-state index in [-0.39, 0.29) is 5.60 Å². The van der Waals surface area contributed by atoms with Gasteiger partial charge in [0.1, 0.15) is 0 Å². The van der Waals surface area contributed by atoms with E-state index in [1.54, 1.807) is 0 Å². The lowest BCUT2D eigenvalue weighted by Crippen LogP contribution is -2.40. The minimum Gasteiger partial charge on any atom is -0.371 e. The lowest BCUT2D eigenvalue weighted by Gasteiger charge is -2.31. The summed E-state index contributed by atoms with van der Waals surface area (Å²) in [6.07, 6.45) is 3.51. The molecule has 0 saturated carbocycles. The zero-order chi connectivity index (χ0) is 9.61. The molecule has 2 nitrogen and oxygen atoms in total. The SMILES string of the molecule is CCC(CC)OC(C)(CC)CN. The topological polar surface area (TPSA) is 35.2 Å². The Hall–Kier alpha value is -0.0800. The lowest BCUT2D eigenvalue weighted by molar-refractivity contribution is -0.0813. The molecular weight excluding hydrogens is 150 g/mol. The second-order valence-electron chi connectivity index (χ2n) is 3.56. The first-order chi connectivity index (χ1) is 5.61. The van der Waals surface area contributed by atoms with Gasteiger partial charge in [-0.05, 0) is 26.2 Å². The number of ether oxygens (including phenoxy) is 1. The minimum atomic E-state index is -0.114. The first kappa shape index (κ1) is 11.9. The average Bonchev–Trinajstić information content (AvgIpc) is 2.14. The highest BCUT2D eigenvalue weighted by Gasteiger charge is 2.23. The molecule has 0 aliphatic heterocycles. The molecule has 1 atom stereocenters. The summed E-state index contributed by atoms with van der Waals surface area (Å²) in [5.41, 5.74) is 5.54. The number of rotatable bonds is 6. The van der Waals surface area contributed by atoms with Gasteiger partial charge in [-0.3, -0.25) is 0 Å². The Morgan fingerprint density at radius 1 is 1.25 bits per heavy atom. The van der Waals surface area contributed by atoms with Crippen molar-refractivity contribution in [3.8, 4) is 0 Å². The lowest BCUT2D eigenvalue weighted by atomic mass is 10.0. The fourth-order valence-corrected chi connectivity index (χ4v) is 1.13. The molecular formula is C10H23NO. The Labute approximate surface area is 76.5 Å². The monoisotopic (exact) mass is 173 g/mol. The van der Waals surface area contributed by atoms with Crippen molar-refractivity contribution in [3.05, 3.63) is 0 Å². The van der Waals surface area contributed by atoms with Crippen LogP contribution in [0.1, 0.15) is 47.0 Å². The molecule has 0 aliphatic rings. The van der Waals surface area contributed by atoms with E-state index in [4.69, 9.17) is 10.5 Å². The summed E-state index contributed by atoms with van der Waals surface area (Å²) in [7, 11) is 0. The van der Waals surface area contributed by atoms with Crippen LogP contribution in [0.4, 0.5) is 0 Å². The van der Waals surface area contributed by atoms with E-state index < -0.39 is 0 Å². The largest absolute Gasteiger partial charge is 0.371 e. The third kappa shape index (κ3) is 3.55. The van der Waals surface area contributed by atoms with Gasteiger partial charge in [-0.1, -0.05) is 20.8 Å². The molecule has 0 aromatic rings. The van der Waals surface area contributed by atoms with E-state index in [9.17, 15) is 0 Å². The first-order valence-corrected chi connectivity index (χ1v) is 4.99. The van der Waals surface area contributed by atoms with Gasteiger partial charge < -0.3 is 10.5 Å². The van der Waals surface area contributed by atoms with Gasteiger partial charge in [-0.25, -0.2) is 0 Å². The van der Waals surface area contributed by atoms with Crippen LogP contribution in [-0.4, -0.2) is 18.2 Å². The Balaban J connectivity index is 3.99. The number of hydrogen-bond donors (Lipinski definition) is 1. The molecule has 0 spiro atoms. The van der Waals surface area contributed by atoms with Gasteiger partial charge >= 0.3 is 0 Å². The van der Waals surface area contributed by atoms with Crippen LogP contribution < -0.4 is 5.73 Å². The summed E-state index contributed by atoms with van der Waals surface area (Å²) < 4.78 is 5.91. The van der Waals surface area contributed by atoms with Crippen LogP contribution in [-0.2, 0) is 4.74 Å². The molecule has 12 heavy (non-hydrogen) atoms. The van der Waals surface area contributed by atoms with E-state index in [1.807, 2.05) is 0 Å². The summed E-state index contributed by atoms with van der Waals surface area (Å²) >= 11 is 0. The van der Waals surface area contributed by atoms with Gasteiger partial charge in [-0.2, -0.15) is 0 Å². The molecule has 0 saturated heterocycles. The van der Waals surface area contributed by atoms with E-state index in [0.29, 0.717) is 12.6 Å². The third-order valence-electron chi connectivity index (χ3n) is 2.54. The summed E-state index contributed by atoms with van der Waals surface area (Å²) in [6, 6.07) is 0. The molecule has 0 fully saturated rings. The molecule has 74 valence electrons. The minimum absolute atomic E-state index is 0.114. The normalized spacial score (nSPS) is 16.5. The maximum Gasteiger partial charge on any atom is 0.0777 e. The van der Waals surface area contributed by atoms with E-state index in [1.165, 1.54) is 0 Å². The molecule has 0 bridgehead atoms. The Kier molecular flexibility index (Phi) is 5.51. The highest BCUT2D eigenvalue weighted by atomic mass is 16.5. The van der Waals surface area contributed by atoms with Crippen LogP contribution in [0.3, 0.4) is 0 Å². The van der Waals surface area contributed by atoms with E-state index in [2.05, 4.69) is 27.7 Å². The van der Waals surface area contributed by atoms with Crippen molar-refractivity contribution in [1.82, 2.24) is 0 Å². The van der Waals surface area contributed by atoms with Crippen molar-refractivity contribution >= 4 is 0 Å². The standard InChI is InChI=1S/C10H23NO/c1-5-9(6-2)12-10(4,7-3)8-11/h9H,5-8,11H2,1-4H3. The second kappa shape index (κ2) is 5.55. The molecule has 0 amide bonds. The van der Waals surface area contributed by atoms with Gasteiger partial charge in [0.15, 0.2) is 0 Å². The highest BCUT2D eigenvalue weighted by molar-refractivity contribution is 4.75. The molecule has 2 heteroatoms. The summed E-state index contributed by atoms with van der Waals surface area (Å²) in [5, 5.41) is 0. The van der Waals surface area contributed by atoms with Crippen LogP contribution in [0.5, 0.6) is 0 Å². The molecule has 0 radical (unpaired) electrons. The average molecular weight is 173 g/mol. The fourth-order valence-electron chi connectivity index (χ4n) is 1.13. The van der Waals surface area contributed by atoms with Crippen molar-refractivity contribution in [3.63, 3.8) is 0 Å². The van der Waals surface area contributed by atoms with Crippen molar-refractivity contribution in [1.29, 1.82) is 0 Å². The zero-order valence-corrected chi connectivity index (χ0v) is 8.89. The van der Waals surface area contributed by atoms with Crippen molar-refractivity contribution in [2.45, 2.75) is 58.7 Å². The molecule has 1 unspecified atom stereocenters. The fraction of sp³-hybridized carbons (Fsp3) is 1.00. The van der Waals surface area contributed by atoms with Crippen LogP contribution in [0.15, 0.2) is 0 Å². The van der Waals surface area contributed by atoms with E-state index in [0.717, 1.165) is 19.3 Å². The summed E-state index contributed by atoms with van der Waals surface area (Å²) in [5.74, 6) is 0. The van der Waals surface area contributed by atoms with Crippen LogP contribution >= 0.6 is 0 Å². The predicted octanol–water partition coefficient (Wildman–Crippen LogP) is 2.32. The molecule has 0 heterocycles. The molecule has 0 rings (SSSR count). The Bertz CT molecular complexity index is 106. The van der Waals surface area contributed by atoms with Crippen LogP contribution in [0, 0.1) is 0 Å². The quantitative estimate of drug-likeness (QED) is 0.669. The maximum atomic E-state index is 5.91. The maximum absolute atomic E-state index is 5.91. The van der Waals surface area contributed by atoms with Crippen LogP contribution in [0.2, 0.25) is 0 Å². The van der Waals surface area contributed by atoms with Gasteiger partial charge in [0.2, 0.25) is 0 Å². The molecule has 0 aromatic heterocycles.